The molecule has 0 radical (unpaired) electrons. The van der Waals surface area contributed by atoms with Crippen LogP contribution in [0.15, 0.2) is 57.5 Å². The van der Waals surface area contributed by atoms with Gasteiger partial charge in [-0.25, -0.2) is 0 Å². The second-order valence-electron chi connectivity index (χ2n) is 3.90. The number of nitrogens with one attached hydrogen (secondary N) is 2. The van der Waals surface area contributed by atoms with Crippen molar-refractivity contribution in [2.75, 3.05) is 5.32 Å². The Balaban J connectivity index is 2.03. The largest absolute Gasteiger partial charge is 0.331 e. The normalized spacial score (nSPS) is 9.90. The molecule has 0 aromatic heterocycles. The zero-order chi connectivity index (χ0) is 14.5. The van der Waals surface area contributed by atoms with Crippen LogP contribution in [0, 0.1) is 0 Å². The lowest BCUT2D eigenvalue weighted by Crippen LogP contribution is -2.34. The minimum Gasteiger partial charge on any atom is -0.331 e. The molecule has 0 aliphatic heterocycles. The number of hydrogen-bond acceptors (Lipinski definition) is 2. The third-order valence-corrected chi connectivity index (χ3v) is 3.83. The minimum atomic E-state index is -0.241. The summed E-state index contributed by atoms with van der Waals surface area (Å²) in [5.41, 5.74) is 1.34. The first-order valence-electron chi connectivity index (χ1n) is 5.68. The molecule has 0 heterocycles. The second kappa shape index (κ2) is 6.97. The fourth-order valence-corrected chi connectivity index (χ4v) is 2.42. The molecule has 0 bridgehead atoms. The van der Waals surface area contributed by atoms with Gasteiger partial charge in [0.05, 0.1) is 5.69 Å². The molecule has 102 valence electrons. The van der Waals surface area contributed by atoms with E-state index in [0.29, 0.717) is 5.56 Å². The summed E-state index contributed by atoms with van der Waals surface area (Å²) in [6.45, 7) is 0. The molecular formula is C14H10Br2N2OS. The van der Waals surface area contributed by atoms with Crippen molar-refractivity contribution in [1.82, 2.24) is 5.32 Å². The highest BCUT2D eigenvalue weighted by molar-refractivity contribution is 9.11. The van der Waals surface area contributed by atoms with Crippen molar-refractivity contribution >= 4 is 60.8 Å². The van der Waals surface area contributed by atoms with Gasteiger partial charge in [0.2, 0.25) is 0 Å². The molecule has 2 aromatic carbocycles. The molecular weight excluding hydrogens is 404 g/mol. The van der Waals surface area contributed by atoms with Crippen molar-refractivity contribution in [2.45, 2.75) is 0 Å². The van der Waals surface area contributed by atoms with E-state index in [1.807, 2.05) is 24.3 Å². The monoisotopic (exact) mass is 412 g/mol. The van der Waals surface area contributed by atoms with Crippen LogP contribution in [0.4, 0.5) is 5.69 Å². The van der Waals surface area contributed by atoms with E-state index in [0.717, 1.165) is 14.6 Å². The number of rotatable bonds is 2. The SMILES string of the molecule is O=C(NC(=S)Nc1cc(Br)ccc1Br)c1ccccc1. The molecule has 2 N–H and O–H groups in total. The fourth-order valence-electron chi connectivity index (χ4n) is 1.51. The summed E-state index contributed by atoms with van der Waals surface area (Å²) in [7, 11) is 0. The van der Waals surface area contributed by atoms with Gasteiger partial charge in [-0.1, -0.05) is 34.1 Å². The van der Waals surface area contributed by atoms with Gasteiger partial charge in [-0.15, -0.1) is 0 Å². The maximum Gasteiger partial charge on any atom is 0.257 e. The summed E-state index contributed by atoms with van der Waals surface area (Å²) >= 11 is 11.9. The van der Waals surface area contributed by atoms with Crippen LogP contribution in [-0.4, -0.2) is 11.0 Å². The van der Waals surface area contributed by atoms with E-state index in [1.165, 1.54) is 0 Å². The molecule has 0 spiro atoms. The van der Waals surface area contributed by atoms with Crippen LogP contribution in [0.3, 0.4) is 0 Å². The van der Waals surface area contributed by atoms with Crippen molar-refractivity contribution < 1.29 is 4.79 Å². The van der Waals surface area contributed by atoms with Gasteiger partial charge in [0.15, 0.2) is 5.11 Å². The molecule has 1 amide bonds. The molecule has 0 aliphatic rings. The Hall–Kier alpha value is -1.24. The van der Waals surface area contributed by atoms with Gasteiger partial charge < -0.3 is 5.32 Å². The molecule has 0 aliphatic carbocycles. The molecule has 0 atom stereocenters. The highest BCUT2D eigenvalue weighted by Crippen LogP contribution is 2.26. The van der Waals surface area contributed by atoms with E-state index in [1.54, 1.807) is 24.3 Å². The summed E-state index contributed by atoms with van der Waals surface area (Å²) in [6.07, 6.45) is 0. The predicted octanol–water partition coefficient (Wildman–Crippen LogP) is 4.34. The molecule has 0 fully saturated rings. The summed E-state index contributed by atoms with van der Waals surface area (Å²) in [5, 5.41) is 5.86. The first-order chi connectivity index (χ1) is 9.56. The highest BCUT2D eigenvalue weighted by Gasteiger charge is 2.08. The number of carbonyl (C=O) groups is 1. The molecule has 0 saturated carbocycles. The van der Waals surface area contributed by atoms with E-state index in [4.69, 9.17) is 12.2 Å². The van der Waals surface area contributed by atoms with Crippen LogP contribution in [0.5, 0.6) is 0 Å². The molecule has 6 heteroatoms. The van der Waals surface area contributed by atoms with Crippen molar-refractivity contribution in [3.05, 3.63) is 63.0 Å². The third-order valence-electron chi connectivity index (χ3n) is 2.44. The van der Waals surface area contributed by atoms with Crippen molar-refractivity contribution in [3.63, 3.8) is 0 Å². The van der Waals surface area contributed by atoms with E-state index in [-0.39, 0.29) is 11.0 Å². The molecule has 0 unspecified atom stereocenters. The van der Waals surface area contributed by atoms with Crippen LogP contribution in [-0.2, 0) is 0 Å². The number of thiocarbonyl (C=S) groups is 1. The Kier molecular flexibility index (Phi) is 5.28. The van der Waals surface area contributed by atoms with Gasteiger partial charge in [-0.2, -0.15) is 0 Å². The summed E-state index contributed by atoms with van der Waals surface area (Å²) in [5.74, 6) is -0.241. The number of halogens is 2. The van der Waals surface area contributed by atoms with E-state index < -0.39 is 0 Å². The van der Waals surface area contributed by atoms with Crippen LogP contribution in [0.2, 0.25) is 0 Å². The van der Waals surface area contributed by atoms with Gasteiger partial charge in [-0.05, 0) is 58.5 Å². The highest BCUT2D eigenvalue weighted by atomic mass is 79.9. The zero-order valence-corrected chi connectivity index (χ0v) is 14.2. The Morgan fingerprint density at radius 3 is 2.45 bits per heavy atom. The standard InChI is InChI=1S/C14H10Br2N2OS/c15-10-6-7-11(16)12(8-10)17-14(20)18-13(19)9-4-2-1-3-5-9/h1-8H,(H2,17,18,19,20). The second-order valence-corrected chi connectivity index (χ2v) is 6.08. The Labute approximate surface area is 139 Å². The van der Waals surface area contributed by atoms with Crippen molar-refractivity contribution in [2.24, 2.45) is 0 Å². The smallest absolute Gasteiger partial charge is 0.257 e. The van der Waals surface area contributed by atoms with E-state index >= 15 is 0 Å². The fraction of sp³-hybridized carbons (Fsp3) is 0. The lowest BCUT2D eigenvalue weighted by atomic mass is 10.2. The number of anilines is 1. The van der Waals surface area contributed by atoms with Crippen molar-refractivity contribution in [1.29, 1.82) is 0 Å². The molecule has 3 nitrogen and oxygen atoms in total. The van der Waals surface area contributed by atoms with Gasteiger partial charge in [0.1, 0.15) is 0 Å². The maximum atomic E-state index is 11.9. The Morgan fingerprint density at radius 1 is 1.05 bits per heavy atom. The Morgan fingerprint density at radius 2 is 1.75 bits per heavy atom. The average molecular weight is 414 g/mol. The molecule has 0 saturated heterocycles. The molecule has 2 rings (SSSR count). The Bertz CT molecular complexity index is 647. The third kappa shape index (κ3) is 4.13. The average Bonchev–Trinajstić information content (AvgIpc) is 2.43. The van der Waals surface area contributed by atoms with Gasteiger partial charge in [-0.3, -0.25) is 10.1 Å². The van der Waals surface area contributed by atoms with E-state index in [9.17, 15) is 4.79 Å². The topological polar surface area (TPSA) is 41.1 Å². The number of benzene rings is 2. The summed E-state index contributed by atoms with van der Waals surface area (Å²) < 4.78 is 1.78. The number of hydrogen-bond donors (Lipinski definition) is 2. The van der Waals surface area contributed by atoms with Crippen molar-refractivity contribution in [3.8, 4) is 0 Å². The van der Waals surface area contributed by atoms with Crippen LogP contribution in [0.1, 0.15) is 10.4 Å². The first kappa shape index (κ1) is 15.2. The van der Waals surface area contributed by atoms with Gasteiger partial charge in [0.25, 0.3) is 5.91 Å². The zero-order valence-electron chi connectivity index (χ0n) is 10.2. The number of amides is 1. The summed E-state index contributed by atoms with van der Waals surface area (Å²) in [4.78, 5) is 11.9. The minimum absolute atomic E-state index is 0.241. The molecule has 20 heavy (non-hydrogen) atoms. The molecule has 2 aromatic rings. The quantitative estimate of drug-likeness (QED) is 0.719. The van der Waals surface area contributed by atoms with Gasteiger partial charge >= 0.3 is 0 Å². The summed E-state index contributed by atoms with van der Waals surface area (Å²) in [6, 6.07) is 14.6. The predicted molar refractivity (Wildman–Crippen MR) is 92.0 cm³/mol. The number of carbonyl (C=O) groups excluding carboxylic acids is 1. The van der Waals surface area contributed by atoms with Crippen LogP contribution < -0.4 is 10.6 Å². The van der Waals surface area contributed by atoms with Crippen LogP contribution >= 0.6 is 44.1 Å². The van der Waals surface area contributed by atoms with Gasteiger partial charge in [0, 0.05) is 14.5 Å². The maximum absolute atomic E-state index is 11.9. The van der Waals surface area contributed by atoms with E-state index in [2.05, 4.69) is 42.5 Å². The first-order valence-corrected chi connectivity index (χ1v) is 7.68. The lowest BCUT2D eigenvalue weighted by Gasteiger charge is -2.11. The lowest BCUT2D eigenvalue weighted by molar-refractivity contribution is 0.0978. The van der Waals surface area contributed by atoms with Crippen LogP contribution in [0.25, 0.3) is 0 Å².